The van der Waals surface area contributed by atoms with Gasteiger partial charge in [-0.3, -0.25) is 4.79 Å². The van der Waals surface area contributed by atoms with Gasteiger partial charge in [-0.25, -0.2) is 0 Å². The Balaban J connectivity index is 2.38. The molecule has 3 saturated carbocycles. The molecule has 0 aromatic heterocycles. The van der Waals surface area contributed by atoms with E-state index in [0.29, 0.717) is 17.1 Å². The number of hydrogen-bond donors (Lipinski definition) is 0. The Kier molecular flexibility index (Phi) is 1.86. The summed E-state index contributed by atoms with van der Waals surface area (Å²) in [5.74, 6) is 0.794. The normalized spacial score (nSPS) is 38.2. The maximum absolute atomic E-state index is 11.7. The summed E-state index contributed by atoms with van der Waals surface area (Å²) in [6.07, 6.45) is 4.36. The molecule has 13 heavy (non-hydrogen) atoms. The Morgan fingerprint density at radius 3 is 2.54 bits per heavy atom. The zero-order valence-corrected chi connectivity index (χ0v) is 8.81. The maximum Gasteiger partial charge on any atom is 0.140 e. The fraction of sp³-hybridized carbons (Fsp3) is 0.750. The molecule has 2 unspecified atom stereocenters. The highest BCUT2D eigenvalue weighted by Gasteiger charge is 2.44. The lowest BCUT2D eigenvalue weighted by Gasteiger charge is -2.45. The van der Waals surface area contributed by atoms with E-state index in [0.717, 1.165) is 12.8 Å². The lowest BCUT2D eigenvalue weighted by molar-refractivity contribution is -0.129. The van der Waals surface area contributed by atoms with Crippen LogP contribution in [0.5, 0.6) is 0 Å². The summed E-state index contributed by atoms with van der Waals surface area (Å²) in [6.45, 7) is 6.56. The predicted molar refractivity (Wildman–Crippen MR) is 53.4 cm³/mol. The molecule has 0 heterocycles. The second kappa shape index (κ2) is 2.70. The third kappa shape index (κ3) is 1.34. The smallest absolute Gasteiger partial charge is 0.140 e. The molecule has 0 aromatic carbocycles. The van der Waals surface area contributed by atoms with Gasteiger partial charge in [-0.1, -0.05) is 18.1 Å². The molecule has 3 rings (SSSR count). The molecular formula is C12H18O. The second-order valence-electron chi connectivity index (χ2n) is 5.25. The zero-order valence-electron chi connectivity index (χ0n) is 8.81. The van der Waals surface area contributed by atoms with Crippen molar-refractivity contribution in [3.05, 3.63) is 11.1 Å². The average molecular weight is 178 g/mol. The van der Waals surface area contributed by atoms with Crippen molar-refractivity contribution in [1.29, 1.82) is 0 Å². The van der Waals surface area contributed by atoms with Crippen LogP contribution >= 0.6 is 0 Å². The van der Waals surface area contributed by atoms with E-state index in [4.69, 9.17) is 0 Å². The van der Waals surface area contributed by atoms with Crippen LogP contribution in [0.15, 0.2) is 11.1 Å². The van der Waals surface area contributed by atoms with Crippen molar-refractivity contribution in [3.63, 3.8) is 0 Å². The SMILES string of the molecule is CC(C)=C1CC2(C)CCC1C(=O)C2. The molecule has 2 atom stereocenters. The van der Waals surface area contributed by atoms with E-state index in [-0.39, 0.29) is 0 Å². The van der Waals surface area contributed by atoms with Gasteiger partial charge in [0.25, 0.3) is 0 Å². The molecule has 0 amide bonds. The van der Waals surface area contributed by atoms with Crippen molar-refractivity contribution in [2.45, 2.75) is 46.5 Å². The van der Waals surface area contributed by atoms with E-state index in [1.165, 1.54) is 24.0 Å². The molecular weight excluding hydrogens is 160 g/mol. The monoisotopic (exact) mass is 178 g/mol. The van der Waals surface area contributed by atoms with E-state index >= 15 is 0 Å². The first-order valence-corrected chi connectivity index (χ1v) is 5.21. The summed E-state index contributed by atoms with van der Waals surface area (Å²) < 4.78 is 0. The third-order valence-corrected chi connectivity index (χ3v) is 3.71. The largest absolute Gasteiger partial charge is 0.299 e. The Morgan fingerprint density at radius 2 is 2.08 bits per heavy atom. The summed E-state index contributed by atoms with van der Waals surface area (Å²) in [5.41, 5.74) is 3.13. The predicted octanol–water partition coefficient (Wildman–Crippen LogP) is 3.10. The quantitative estimate of drug-likeness (QED) is 0.521. The van der Waals surface area contributed by atoms with Gasteiger partial charge in [-0.2, -0.15) is 0 Å². The van der Waals surface area contributed by atoms with Gasteiger partial charge in [0.1, 0.15) is 5.78 Å². The lowest BCUT2D eigenvalue weighted by Crippen LogP contribution is -2.40. The standard InChI is InChI=1S/C12H18O/c1-8(2)10-6-12(3)5-4-9(10)11(13)7-12/h9H,4-7H2,1-3H3. The van der Waals surface area contributed by atoms with Crippen LogP contribution < -0.4 is 0 Å². The van der Waals surface area contributed by atoms with E-state index in [2.05, 4.69) is 20.8 Å². The molecule has 1 nitrogen and oxygen atoms in total. The minimum absolute atomic E-state index is 0.298. The number of carbonyl (C=O) groups excluding carboxylic acids is 1. The van der Waals surface area contributed by atoms with Crippen molar-refractivity contribution in [1.82, 2.24) is 0 Å². The van der Waals surface area contributed by atoms with Gasteiger partial charge in [-0.15, -0.1) is 0 Å². The van der Waals surface area contributed by atoms with E-state index in [1.807, 2.05) is 0 Å². The first kappa shape index (κ1) is 8.98. The molecule has 3 fully saturated rings. The number of Topliss-reactive ketones (excluding diaryl/α,β-unsaturated/α-hetero) is 1. The van der Waals surface area contributed by atoms with Crippen LogP contribution in [0.25, 0.3) is 0 Å². The molecule has 72 valence electrons. The molecule has 0 radical (unpaired) electrons. The van der Waals surface area contributed by atoms with Gasteiger partial charge < -0.3 is 0 Å². The summed E-state index contributed by atoms with van der Waals surface area (Å²) >= 11 is 0. The second-order valence-corrected chi connectivity index (χ2v) is 5.25. The Hall–Kier alpha value is -0.590. The van der Waals surface area contributed by atoms with Gasteiger partial charge in [0.15, 0.2) is 0 Å². The number of allylic oxidation sites excluding steroid dienone is 2. The molecule has 0 N–H and O–H groups in total. The molecule has 2 bridgehead atoms. The summed E-state index contributed by atoms with van der Waals surface area (Å²) in [5, 5.41) is 0. The molecule has 3 aliphatic rings. The highest BCUT2D eigenvalue weighted by atomic mass is 16.1. The van der Waals surface area contributed by atoms with Crippen LogP contribution in [0.4, 0.5) is 0 Å². The third-order valence-electron chi connectivity index (χ3n) is 3.71. The Bertz CT molecular complexity index is 283. The number of hydrogen-bond acceptors (Lipinski definition) is 1. The summed E-state index contributed by atoms with van der Waals surface area (Å²) in [6, 6.07) is 0. The topological polar surface area (TPSA) is 17.1 Å². The Labute approximate surface area is 80.2 Å². The van der Waals surface area contributed by atoms with Gasteiger partial charge in [0.2, 0.25) is 0 Å². The van der Waals surface area contributed by atoms with Gasteiger partial charge in [0.05, 0.1) is 0 Å². The van der Waals surface area contributed by atoms with Crippen molar-refractivity contribution in [2.24, 2.45) is 11.3 Å². The molecule has 0 saturated heterocycles. The van der Waals surface area contributed by atoms with E-state index < -0.39 is 0 Å². The molecule has 0 aromatic rings. The molecule has 0 aliphatic heterocycles. The van der Waals surface area contributed by atoms with E-state index in [1.54, 1.807) is 0 Å². The molecule has 3 aliphatic carbocycles. The van der Waals surface area contributed by atoms with Crippen molar-refractivity contribution >= 4 is 5.78 Å². The zero-order chi connectivity index (χ0) is 9.64. The highest BCUT2D eigenvalue weighted by Crippen LogP contribution is 2.51. The summed E-state index contributed by atoms with van der Waals surface area (Å²) in [4.78, 5) is 11.7. The van der Waals surface area contributed by atoms with Gasteiger partial charge >= 0.3 is 0 Å². The van der Waals surface area contributed by atoms with Crippen LogP contribution in [0.3, 0.4) is 0 Å². The lowest BCUT2D eigenvalue weighted by atomic mass is 9.58. The number of ketones is 1. The van der Waals surface area contributed by atoms with Crippen molar-refractivity contribution in [3.8, 4) is 0 Å². The fourth-order valence-electron chi connectivity index (χ4n) is 2.91. The minimum Gasteiger partial charge on any atom is -0.299 e. The maximum atomic E-state index is 11.7. The molecule has 1 heteroatoms. The van der Waals surface area contributed by atoms with Crippen LogP contribution in [0.2, 0.25) is 0 Å². The van der Waals surface area contributed by atoms with E-state index in [9.17, 15) is 4.79 Å². The number of carbonyl (C=O) groups is 1. The average Bonchev–Trinajstić information content (AvgIpc) is 2.02. The van der Waals surface area contributed by atoms with Gasteiger partial charge in [0, 0.05) is 12.3 Å². The Morgan fingerprint density at radius 1 is 1.38 bits per heavy atom. The summed E-state index contributed by atoms with van der Waals surface area (Å²) in [7, 11) is 0. The number of rotatable bonds is 0. The van der Waals surface area contributed by atoms with Gasteiger partial charge in [-0.05, 0) is 38.5 Å². The van der Waals surface area contributed by atoms with Crippen LogP contribution in [0.1, 0.15) is 46.5 Å². The van der Waals surface area contributed by atoms with Crippen molar-refractivity contribution in [2.75, 3.05) is 0 Å². The van der Waals surface area contributed by atoms with Crippen molar-refractivity contribution < 1.29 is 4.79 Å². The van der Waals surface area contributed by atoms with Crippen LogP contribution in [-0.4, -0.2) is 5.78 Å². The minimum atomic E-state index is 0.298. The highest BCUT2D eigenvalue weighted by molar-refractivity contribution is 5.86. The first-order valence-electron chi connectivity index (χ1n) is 5.21. The molecule has 0 spiro atoms. The fourth-order valence-corrected chi connectivity index (χ4v) is 2.91. The number of fused-ring (bicyclic) bond motifs is 3. The first-order chi connectivity index (χ1) is 6.02. The van der Waals surface area contributed by atoms with Crippen LogP contribution in [-0.2, 0) is 4.79 Å². The van der Waals surface area contributed by atoms with Crippen LogP contribution in [0, 0.1) is 11.3 Å².